The Kier molecular flexibility index (Phi) is 6.41. The number of halogens is 2. The van der Waals surface area contributed by atoms with Crippen molar-refractivity contribution in [2.75, 3.05) is 38.6 Å². The lowest BCUT2D eigenvalue weighted by molar-refractivity contribution is -0.142. The van der Waals surface area contributed by atoms with Gasteiger partial charge in [-0.1, -0.05) is 12.1 Å². The van der Waals surface area contributed by atoms with E-state index >= 15 is 0 Å². The van der Waals surface area contributed by atoms with E-state index < -0.39 is 0 Å². The van der Waals surface area contributed by atoms with Crippen molar-refractivity contribution in [1.29, 1.82) is 0 Å². The number of hydrogen-bond acceptors (Lipinski definition) is 4. The SMILES string of the molecule is CC1CN(C(=O)CN2CCc3sccc3C2c2cccc(F)c2)CCN1C(=O)CCl. The van der Waals surface area contributed by atoms with Crippen LogP contribution in [0.5, 0.6) is 0 Å². The van der Waals surface area contributed by atoms with Crippen LogP contribution in [0.2, 0.25) is 0 Å². The Bertz CT molecular complexity index is 937. The number of carbonyl (C=O) groups is 2. The Morgan fingerprint density at radius 2 is 2.03 bits per heavy atom. The normalized spacial score (nSPS) is 22.1. The van der Waals surface area contributed by atoms with Gasteiger partial charge in [-0.05, 0) is 48.1 Å². The maximum absolute atomic E-state index is 13.9. The van der Waals surface area contributed by atoms with Crippen LogP contribution in [0.3, 0.4) is 0 Å². The van der Waals surface area contributed by atoms with Gasteiger partial charge in [0.05, 0.1) is 12.6 Å². The summed E-state index contributed by atoms with van der Waals surface area (Å²) in [7, 11) is 0. The van der Waals surface area contributed by atoms with Crippen LogP contribution in [-0.2, 0) is 16.0 Å². The fourth-order valence-corrected chi connectivity index (χ4v) is 5.57. The molecule has 5 nitrogen and oxygen atoms in total. The van der Waals surface area contributed by atoms with Gasteiger partial charge in [-0.2, -0.15) is 0 Å². The average molecular weight is 450 g/mol. The maximum atomic E-state index is 13.9. The highest BCUT2D eigenvalue weighted by atomic mass is 35.5. The summed E-state index contributed by atoms with van der Waals surface area (Å²) < 4.78 is 13.9. The van der Waals surface area contributed by atoms with E-state index in [4.69, 9.17) is 11.6 Å². The average Bonchev–Trinajstić information content (AvgIpc) is 3.21. The molecule has 1 fully saturated rings. The standard InChI is InChI=1S/C22H25ClFN3O2S/c1-15-13-25(8-9-27(15)20(28)12-23)21(29)14-26-7-5-19-18(6-10-30-19)22(26)16-3-2-4-17(24)11-16/h2-4,6,10-11,15,22H,5,7-9,12-14H2,1H3. The van der Waals surface area contributed by atoms with Crippen molar-refractivity contribution in [2.45, 2.75) is 25.4 Å². The molecule has 2 aliphatic rings. The van der Waals surface area contributed by atoms with Crippen LogP contribution in [0, 0.1) is 5.82 Å². The molecule has 2 atom stereocenters. The molecular weight excluding hydrogens is 425 g/mol. The summed E-state index contributed by atoms with van der Waals surface area (Å²) >= 11 is 7.41. The Morgan fingerprint density at radius 3 is 2.77 bits per heavy atom. The van der Waals surface area contributed by atoms with E-state index in [9.17, 15) is 14.0 Å². The molecule has 0 aliphatic carbocycles. The summed E-state index contributed by atoms with van der Waals surface area (Å²) in [6.07, 6.45) is 0.889. The number of piperazine rings is 1. The van der Waals surface area contributed by atoms with Crippen molar-refractivity contribution >= 4 is 34.8 Å². The number of hydrogen-bond donors (Lipinski definition) is 0. The van der Waals surface area contributed by atoms with E-state index in [0.717, 1.165) is 24.1 Å². The molecule has 30 heavy (non-hydrogen) atoms. The summed E-state index contributed by atoms with van der Waals surface area (Å²) in [5.74, 6) is -0.358. The van der Waals surface area contributed by atoms with Crippen molar-refractivity contribution < 1.29 is 14.0 Å². The second-order valence-corrected chi connectivity index (χ2v) is 9.15. The monoisotopic (exact) mass is 449 g/mol. The Labute approximate surface area is 185 Å². The second kappa shape index (κ2) is 9.04. The predicted molar refractivity (Wildman–Crippen MR) is 116 cm³/mol. The summed E-state index contributed by atoms with van der Waals surface area (Å²) in [5.41, 5.74) is 2.03. The molecule has 1 aromatic carbocycles. The smallest absolute Gasteiger partial charge is 0.237 e. The van der Waals surface area contributed by atoms with Gasteiger partial charge in [0.15, 0.2) is 0 Å². The molecule has 2 aromatic rings. The van der Waals surface area contributed by atoms with Gasteiger partial charge in [0.25, 0.3) is 0 Å². The molecule has 8 heteroatoms. The van der Waals surface area contributed by atoms with Gasteiger partial charge in [0, 0.05) is 37.1 Å². The zero-order valence-corrected chi connectivity index (χ0v) is 18.5. The van der Waals surface area contributed by atoms with Crippen molar-refractivity contribution in [1.82, 2.24) is 14.7 Å². The highest BCUT2D eigenvalue weighted by molar-refractivity contribution is 7.10. The molecule has 2 unspecified atom stereocenters. The fourth-order valence-electron chi connectivity index (χ4n) is 4.51. The van der Waals surface area contributed by atoms with Gasteiger partial charge in [0.2, 0.25) is 11.8 Å². The van der Waals surface area contributed by atoms with Gasteiger partial charge >= 0.3 is 0 Å². The second-order valence-electron chi connectivity index (χ2n) is 7.89. The number of alkyl halides is 1. The molecule has 2 aliphatic heterocycles. The van der Waals surface area contributed by atoms with E-state index in [-0.39, 0.29) is 42.1 Å². The molecule has 0 radical (unpaired) electrons. The van der Waals surface area contributed by atoms with Gasteiger partial charge < -0.3 is 9.80 Å². The predicted octanol–water partition coefficient (Wildman–Crippen LogP) is 3.13. The lowest BCUT2D eigenvalue weighted by Crippen LogP contribution is -2.57. The van der Waals surface area contributed by atoms with Gasteiger partial charge in [-0.15, -0.1) is 22.9 Å². The molecular formula is C22H25ClFN3O2S. The largest absolute Gasteiger partial charge is 0.338 e. The van der Waals surface area contributed by atoms with Gasteiger partial charge in [-0.25, -0.2) is 4.39 Å². The summed E-state index contributed by atoms with van der Waals surface area (Å²) in [6, 6.07) is 8.56. The van der Waals surface area contributed by atoms with Crippen molar-refractivity contribution in [3.8, 4) is 0 Å². The molecule has 1 saturated heterocycles. The fraction of sp³-hybridized carbons (Fsp3) is 0.455. The number of carbonyl (C=O) groups excluding carboxylic acids is 2. The maximum Gasteiger partial charge on any atom is 0.237 e. The molecule has 0 bridgehead atoms. The minimum Gasteiger partial charge on any atom is -0.338 e. The van der Waals surface area contributed by atoms with Crippen LogP contribution in [0.15, 0.2) is 35.7 Å². The molecule has 0 spiro atoms. The third-order valence-corrected chi connectivity index (χ3v) is 7.21. The molecule has 0 N–H and O–H groups in total. The minimum absolute atomic E-state index is 0.0373. The Hall–Kier alpha value is -1.96. The van der Waals surface area contributed by atoms with Gasteiger partial charge in [0.1, 0.15) is 11.7 Å². The van der Waals surface area contributed by atoms with E-state index in [0.29, 0.717) is 19.6 Å². The summed E-state index contributed by atoms with van der Waals surface area (Å²) in [4.78, 5) is 32.1. The van der Waals surface area contributed by atoms with Crippen LogP contribution in [0.4, 0.5) is 4.39 Å². The topological polar surface area (TPSA) is 43.9 Å². The zero-order chi connectivity index (χ0) is 21.3. The molecule has 160 valence electrons. The Morgan fingerprint density at radius 1 is 1.20 bits per heavy atom. The number of nitrogens with zero attached hydrogens (tertiary/aromatic N) is 3. The third kappa shape index (κ3) is 4.24. The highest BCUT2D eigenvalue weighted by Gasteiger charge is 2.34. The summed E-state index contributed by atoms with van der Waals surface area (Å²) in [5, 5.41) is 2.07. The van der Waals surface area contributed by atoms with E-state index in [1.807, 2.05) is 17.9 Å². The molecule has 0 saturated carbocycles. The number of fused-ring (bicyclic) bond motifs is 1. The number of rotatable bonds is 4. The van der Waals surface area contributed by atoms with Crippen LogP contribution < -0.4 is 0 Å². The molecule has 2 amide bonds. The van der Waals surface area contributed by atoms with E-state index in [2.05, 4.69) is 16.3 Å². The first-order valence-corrected chi connectivity index (χ1v) is 11.6. The lowest BCUT2D eigenvalue weighted by Gasteiger charge is -2.41. The number of amides is 2. The van der Waals surface area contributed by atoms with Crippen LogP contribution in [0.1, 0.15) is 29.0 Å². The van der Waals surface area contributed by atoms with Crippen molar-refractivity contribution in [2.24, 2.45) is 0 Å². The van der Waals surface area contributed by atoms with Crippen molar-refractivity contribution in [3.63, 3.8) is 0 Å². The van der Waals surface area contributed by atoms with Crippen LogP contribution in [-0.4, -0.2) is 71.2 Å². The molecule has 4 rings (SSSR count). The third-order valence-electron chi connectivity index (χ3n) is 5.98. The Balaban J connectivity index is 1.50. The molecule has 1 aromatic heterocycles. The highest BCUT2D eigenvalue weighted by Crippen LogP contribution is 2.37. The van der Waals surface area contributed by atoms with Gasteiger partial charge in [-0.3, -0.25) is 14.5 Å². The zero-order valence-electron chi connectivity index (χ0n) is 16.9. The lowest BCUT2D eigenvalue weighted by atomic mass is 9.93. The van der Waals surface area contributed by atoms with Crippen molar-refractivity contribution in [3.05, 3.63) is 57.5 Å². The number of benzene rings is 1. The first kappa shape index (κ1) is 21.3. The van der Waals surface area contributed by atoms with Crippen LogP contribution >= 0.6 is 22.9 Å². The minimum atomic E-state index is -0.268. The first-order valence-electron chi connectivity index (χ1n) is 10.2. The number of thiophene rings is 1. The first-order chi connectivity index (χ1) is 14.5. The quantitative estimate of drug-likeness (QED) is 0.673. The molecule has 3 heterocycles. The van der Waals surface area contributed by atoms with Crippen LogP contribution in [0.25, 0.3) is 0 Å². The van der Waals surface area contributed by atoms with E-state index in [1.54, 1.807) is 28.4 Å². The summed E-state index contributed by atoms with van der Waals surface area (Å²) in [6.45, 7) is 4.48. The van der Waals surface area contributed by atoms with E-state index in [1.165, 1.54) is 10.9 Å².